The third-order valence-electron chi connectivity index (χ3n) is 1.93. The molecule has 17 heavy (non-hydrogen) atoms. The van der Waals surface area contributed by atoms with E-state index in [1.807, 2.05) is 0 Å². The molecule has 0 amide bonds. The third kappa shape index (κ3) is 2.18. The Morgan fingerprint density at radius 1 is 1.29 bits per heavy atom. The van der Waals surface area contributed by atoms with Crippen LogP contribution in [0.2, 0.25) is 5.02 Å². The van der Waals surface area contributed by atoms with Crippen LogP contribution in [0.3, 0.4) is 0 Å². The fourth-order valence-corrected chi connectivity index (χ4v) is 1.44. The topological polar surface area (TPSA) is 81.8 Å². The molecule has 0 bridgehead atoms. The lowest BCUT2D eigenvalue weighted by Crippen LogP contribution is -1.96. The summed E-state index contributed by atoms with van der Waals surface area (Å²) in [4.78, 5) is 20.7. The van der Waals surface area contributed by atoms with E-state index in [1.165, 1.54) is 0 Å². The summed E-state index contributed by atoms with van der Waals surface area (Å²) >= 11 is 5.79. The number of nitrogens with zero attached hydrogens (tertiary/aromatic N) is 4. The van der Waals surface area contributed by atoms with Crippen LogP contribution in [0.25, 0.3) is 11.4 Å². The normalized spacial score (nSPS) is 10.2. The zero-order valence-electron chi connectivity index (χ0n) is 8.17. The second-order valence-electron chi connectivity index (χ2n) is 3.00. The molecule has 2 aromatic heterocycles. The molecule has 8 heteroatoms. The summed E-state index contributed by atoms with van der Waals surface area (Å²) < 4.78 is 13.4. The average molecular weight is 255 g/mol. The molecule has 0 aliphatic rings. The van der Waals surface area contributed by atoms with Crippen molar-refractivity contribution in [2.24, 2.45) is 0 Å². The van der Waals surface area contributed by atoms with Gasteiger partial charge in [0, 0.05) is 6.07 Å². The Morgan fingerprint density at radius 2 is 2.06 bits per heavy atom. The Labute approximate surface area is 99.3 Å². The molecule has 0 N–H and O–H groups in total. The summed E-state index contributed by atoms with van der Waals surface area (Å²) in [6.45, 7) is 0. The molecule has 2 rings (SSSR count). The molecule has 0 radical (unpaired) electrons. The van der Waals surface area contributed by atoms with Gasteiger partial charge >= 0.3 is 0 Å². The molecular formula is C9H4ClFN4O2. The largest absolute Gasteiger partial charge is 0.289 e. The van der Waals surface area contributed by atoms with Gasteiger partial charge < -0.3 is 0 Å². The zero-order chi connectivity index (χ0) is 12.4. The number of hydrogen-bond donors (Lipinski definition) is 0. The van der Waals surface area contributed by atoms with Crippen molar-refractivity contribution < 1.29 is 9.31 Å². The van der Waals surface area contributed by atoms with E-state index in [9.17, 15) is 14.5 Å². The van der Waals surface area contributed by atoms with E-state index < -0.39 is 10.7 Å². The first kappa shape index (κ1) is 11.3. The van der Waals surface area contributed by atoms with Gasteiger partial charge in [0.15, 0.2) is 5.82 Å². The predicted molar refractivity (Wildman–Crippen MR) is 56.9 cm³/mol. The second-order valence-corrected chi connectivity index (χ2v) is 3.41. The second kappa shape index (κ2) is 4.38. The lowest BCUT2D eigenvalue weighted by Gasteiger charge is -2.02. The Balaban J connectivity index is 2.55. The van der Waals surface area contributed by atoms with Gasteiger partial charge in [0.1, 0.15) is 23.9 Å². The van der Waals surface area contributed by atoms with Crippen molar-refractivity contribution in [1.29, 1.82) is 0 Å². The third-order valence-corrected chi connectivity index (χ3v) is 2.22. The lowest BCUT2D eigenvalue weighted by molar-refractivity contribution is -0.385. The minimum Gasteiger partial charge on any atom is -0.258 e. The van der Waals surface area contributed by atoms with Crippen molar-refractivity contribution in [3.05, 3.63) is 45.7 Å². The van der Waals surface area contributed by atoms with Gasteiger partial charge in [-0.25, -0.2) is 19.3 Å². The first-order valence-electron chi connectivity index (χ1n) is 4.35. The molecule has 0 spiro atoms. The maximum atomic E-state index is 13.4. The summed E-state index contributed by atoms with van der Waals surface area (Å²) in [7, 11) is 0. The van der Waals surface area contributed by atoms with Crippen molar-refractivity contribution in [2.45, 2.75) is 0 Å². The zero-order valence-corrected chi connectivity index (χ0v) is 8.93. The van der Waals surface area contributed by atoms with Gasteiger partial charge in [-0.2, -0.15) is 0 Å². The van der Waals surface area contributed by atoms with Gasteiger partial charge in [-0.15, -0.1) is 0 Å². The highest BCUT2D eigenvalue weighted by Crippen LogP contribution is 2.28. The summed E-state index contributed by atoms with van der Waals surface area (Å²) in [5, 5.41) is 10.4. The molecule has 0 aromatic carbocycles. The average Bonchev–Trinajstić information content (AvgIpc) is 2.30. The van der Waals surface area contributed by atoms with Gasteiger partial charge in [-0.3, -0.25) is 10.1 Å². The van der Waals surface area contributed by atoms with Crippen LogP contribution in [0, 0.1) is 15.9 Å². The molecule has 86 valence electrons. The molecule has 6 nitrogen and oxygen atoms in total. The number of halogens is 2. The number of pyridine rings is 1. The monoisotopic (exact) mass is 254 g/mol. The smallest absolute Gasteiger partial charge is 0.258 e. The SMILES string of the molecule is O=[N+]([O-])c1cnc(-c2ncncc2F)c(Cl)c1. The Kier molecular flexibility index (Phi) is 2.92. The van der Waals surface area contributed by atoms with Gasteiger partial charge in [0.25, 0.3) is 5.69 Å². The van der Waals surface area contributed by atoms with E-state index in [4.69, 9.17) is 11.6 Å². The lowest BCUT2D eigenvalue weighted by atomic mass is 10.2. The summed E-state index contributed by atoms with van der Waals surface area (Å²) in [5.41, 5.74) is -0.328. The summed E-state index contributed by atoms with van der Waals surface area (Å²) in [6, 6.07) is 1.09. The first-order chi connectivity index (χ1) is 8.09. The van der Waals surface area contributed by atoms with Crippen molar-refractivity contribution >= 4 is 17.3 Å². The van der Waals surface area contributed by atoms with Crippen molar-refractivity contribution in [2.75, 3.05) is 0 Å². The number of aromatic nitrogens is 3. The molecule has 0 saturated carbocycles. The molecule has 0 fully saturated rings. The number of rotatable bonds is 2. The van der Waals surface area contributed by atoms with Gasteiger partial charge in [-0.1, -0.05) is 11.6 Å². The van der Waals surface area contributed by atoms with Crippen molar-refractivity contribution in [1.82, 2.24) is 15.0 Å². The van der Waals surface area contributed by atoms with Gasteiger partial charge in [0.05, 0.1) is 16.1 Å². The molecule has 2 aromatic rings. The van der Waals surface area contributed by atoms with E-state index in [1.54, 1.807) is 0 Å². The minimum atomic E-state index is -0.698. The Bertz CT molecular complexity index is 593. The predicted octanol–water partition coefficient (Wildman–Crippen LogP) is 2.24. The minimum absolute atomic E-state index is 0.0390. The molecule has 0 saturated heterocycles. The highest BCUT2D eigenvalue weighted by atomic mass is 35.5. The molecule has 2 heterocycles. The van der Waals surface area contributed by atoms with Crippen LogP contribution in [0.1, 0.15) is 0 Å². The van der Waals surface area contributed by atoms with Crippen LogP contribution in [0.4, 0.5) is 10.1 Å². The molecule has 0 aliphatic heterocycles. The van der Waals surface area contributed by atoms with E-state index in [0.717, 1.165) is 24.8 Å². The van der Waals surface area contributed by atoms with E-state index in [-0.39, 0.29) is 22.1 Å². The molecule has 0 unspecified atom stereocenters. The van der Waals surface area contributed by atoms with Crippen LogP contribution in [-0.4, -0.2) is 19.9 Å². The highest BCUT2D eigenvalue weighted by molar-refractivity contribution is 6.33. The van der Waals surface area contributed by atoms with E-state index in [0.29, 0.717) is 0 Å². The maximum Gasteiger partial charge on any atom is 0.289 e. The van der Waals surface area contributed by atoms with Crippen LogP contribution in [0.5, 0.6) is 0 Å². The Morgan fingerprint density at radius 3 is 2.65 bits per heavy atom. The number of hydrogen-bond acceptors (Lipinski definition) is 5. The molecular weight excluding hydrogens is 251 g/mol. The maximum absolute atomic E-state index is 13.4. The van der Waals surface area contributed by atoms with Crippen LogP contribution in [0.15, 0.2) is 24.8 Å². The number of nitro groups is 1. The van der Waals surface area contributed by atoms with Crippen molar-refractivity contribution in [3.8, 4) is 11.4 Å². The van der Waals surface area contributed by atoms with Crippen molar-refractivity contribution in [3.63, 3.8) is 0 Å². The fourth-order valence-electron chi connectivity index (χ4n) is 1.19. The van der Waals surface area contributed by atoms with E-state index in [2.05, 4.69) is 15.0 Å². The van der Waals surface area contributed by atoms with E-state index >= 15 is 0 Å². The quantitative estimate of drug-likeness (QED) is 0.606. The van der Waals surface area contributed by atoms with Crippen LogP contribution in [-0.2, 0) is 0 Å². The summed E-state index contributed by atoms with van der Waals surface area (Å²) in [5.74, 6) is -0.698. The molecule has 0 aliphatic carbocycles. The standard InChI is InChI=1S/C9H4ClFN4O2/c10-6-1-5(15(16)17)2-13-8(6)9-7(11)3-12-4-14-9/h1-4H. The fraction of sp³-hybridized carbons (Fsp3) is 0. The Hall–Kier alpha value is -2.15. The molecule has 0 atom stereocenters. The van der Waals surface area contributed by atoms with Crippen LogP contribution < -0.4 is 0 Å². The summed E-state index contributed by atoms with van der Waals surface area (Å²) in [6.07, 6.45) is 3.09. The van der Waals surface area contributed by atoms with Gasteiger partial charge in [-0.05, 0) is 0 Å². The van der Waals surface area contributed by atoms with Gasteiger partial charge in [0.2, 0.25) is 0 Å². The van der Waals surface area contributed by atoms with Crippen LogP contribution >= 0.6 is 11.6 Å². The highest BCUT2D eigenvalue weighted by Gasteiger charge is 2.16. The first-order valence-corrected chi connectivity index (χ1v) is 4.73.